The summed E-state index contributed by atoms with van der Waals surface area (Å²) < 4.78 is 19.8. The Balaban J connectivity index is 1.23. The molecule has 0 N–H and O–H groups in total. The van der Waals surface area contributed by atoms with Crippen LogP contribution in [0.3, 0.4) is 0 Å². The Morgan fingerprint density at radius 3 is 1.23 bits per heavy atom. The monoisotopic (exact) mass is 664 g/mol. The molecule has 0 aliphatic heterocycles. The van der Waals surface area contributed by atoms with Gasteiger partial charge in [-0.05, 0) is 110 Å². The second-order valence-electron chi connectivity index (χ2n) is 14.0. The lowest BCUT2D eigenvalue weighted by molar-refractivity contribution is 0.630. The lowest BCUT2D eigenvalue weighted by Crippen LogP contribution is -1.95. The molecule has 0 bridgehead atoms. The van der Waals surface area contributed by atoms with Crippen LogP contribution in [0.2, 0.25) is 0 Å². The molecule has 0 amide bonds. The third kappa shape index (κ3) is 3.96. The highest BCUT2D eigenvalue weighted by molar-refractivity contribution is 6.31. The molecular weight excluding hydrogens is 637 g/mol. The number of furan rings is 3. The second kappa shape index (κ2) is 10.3. The van der Waals surface area contributed by atoms with Crippen LogP contribution < -0.4 is 0 Å². The largest absolute Gasteiger partial charge is 0.456 e. The molecule has 0 saturated heterocycles. The van der Waals surface area contributed by atoms with Gasteiger partial charge in [-0.25, -0.2) is 0 Å². The molecule has 242 valence electrons. The Morgan fingerprint density at radius 2 is 0.769 bits per heavy atom. The van der Waals surface area contributed by atoms with Gasteiger partial charge in [-0.1, -0.05) is 109 Å². The minimum atomic E-state index is 0.836. The Labute approximate surface area is 298 Å². The van der Waals surface area contributed by atoms with Crippen LogP contribution in [0.15, 0.2) is 165 Å². The van der Waals surface area contributed by atoms with Crippen molar-refractivity contribution in [2.75, 3.05) is 0 Å². The first-order valence-corrected chi connectivity index (χ1v) is 17.8. The fourth-order valence-corrected chi connectivity index (χ4v) is 8.67. The van der Waals surface area contributed by atoms with Crippen molar-refractivity contribution in [2.45, 2.75) is 6.42 Å². The molecule has 3 heteroatoms. The molecule has 0 spiro atoms. The lowest BCUT2D eigenvalue weighted by Gasteiger charge is -2.20. The summed E-state index contributed by atoms with van der Waals surface area (Å²) in [5, 5.41) is 10.3. The normalized spacial score (nSPS) is 13.0. The van der Waals surface area contributed by atoms with Gasteiger partial charge in [0.1, 0.15) is 34.0 Å². The van der Waals surface area contributed by atoms with Crippen LogP contribution in [0.5, 0.6) is 0 Å². The summed E-state index contributed by atoms with van der Waals surface area (Å²) in [7, 11) is 0. The highest BCUT2D eigenvalue weighted by Gasteiger charge is 2.25. The summed E-state index contributed by atoms with van der Waals surface area (Å²) in [5.41, 5.74) is 11.0. The minimum absolute atomic E-state index is 0.836. The maximum absolute atomic E-state index is 6.63. The van der Waals surface area contributed by atoms with Gasteiger partial charge in [0.2, 0.25) is 0 Å². The fourth-order valence-electron chi connectivity index (χ4n) is 8.67. The van der Waals surface area contributed by atoms with Crippen LogP contribution in [0, 0.1) is 0 Å². The van der Waals surface area contributed by atoms with Gasteiger partial charge in [-0.2, -0.15) is 0 Å². The van der Waals surface area contributed by atoms with Crippen LogP contribution >= 0.6 is 0 Å². The van der Waals surface area contributed by atoms with E-state index in [1.807, 2.05) is 36.4 Å². The predicted octanol–water partition coefficient (Wildman–Crippen LogP) is 13.9. The number of para-hydroxylation sites is 3. The van der Waals surface area contributed by atoms with Crippen molar-refractivity contribution in [2.24, 2.45) is 0 Å². The van der Waals surface area contributed by atoms with Gasteiger partial charge in [0.05, 0.1) is 0 Å². The molecule has 3 nitrogen and oxygen atoms in total. The summed E-state index contributed by atoms with van der Waals surface area (Å²) in [6.07, 6.45) is 3.25. The minimum Gasteiger partial charge on any atom is -0.456 e. The highest BCUT2D eigenvalue weighted by atomic mass is 16.3. The summed E-state index contributed by atoms with van der Waals surface area (Å²) in [4.78, 5) is 0. The van der Waals surface area contributed by atoms with E-state index in [9.17, 15) is 0 Å². The first-order valence-electron chi connectivity index (χ1n) is 17.8. The van der Waals surface area contributed by atoms with Crippen molar-refractivity contribution in [1.29, 1.82) is 0 Å². The molecule has 0 atom stereocenters. The number of hydrogen-bond donors (Lipinski definition) is 0. The quantitative estimate of drug-likeness (QED) is 0.176. The first kappa shape index (κ1) is 27.9. The van der Waals surface area contributed by atoms with Gasteiger partial charge < -0.3 is 13.3 Å². The molecule has 0 radical (unpaired) electrons. The third-order valence-corrected chi connectivity index (χ3v) is 11.1. The summed E-state index contributed by atoms with van der Waals surface area (Å²) in [5.74, 6) is 2.54. The maximum Gasteiger partial charge on any atom is 0.136 e. The maximum atomic E-state index is 6.63. The SMILES string of the molecule is C1=C(c2cc(-c3cc4ccccc4o3)c3ccc4c(-c5cc6ccccc6o5)cc(-c5cc6ccccc6o5)c5ccc2c3c54)Cc2ccccc21. The number of fused-ring (bicyclic) bond motifs is 4. The van der Waals surface area contributed by atoms with E-state index in [1.54, 1.807) is 0 Å². The van der Waals surface area contributed by atoms with Crippen molar-refractivity contribution in [3.05, 3.63) is 168 Å². The van der Waals surface area contributed by atoms with Crippen molar-refractivity contribution < 1.29 is 13.3 Å². The van der Waals surface area contributed by atoms with E-state index < -0.39 is 0 Å². The predicted molar refractivity (Wildman–Crippen MR) is 214 cm³/mol. The summed E-state index contributed by atoms with van der Waals surface area (Å²) >= 11 is 0. The molecule has 52 heavy (non-hydrogen) atoms. The van der Waals surface area contributed by atoms with Gasteiger partial charge in [-0.15, -0.1) is 0 Å². The van der Waals surface area contributed by atoms with E-state index in [1.165, 1.54) is 38.4 Å². The van der Waals surface area contributed by atoms with Crippen LogP contribution in [0.1, 0.15) is 16.7 Å². The molecule has 12 rings (SSSR count). The fraction of sp³-hybridized carbons (Fsp3) is 0.0204. The molecule has 3 heterocycles. The Bertz CT molecular complexity index is 3080. The van der Waals surface area contributed by atoms with Crippen LogP contribution in [0.25, 0.3) is 111 Å². The van der Waals surface area contributed by atoms with E-state index in [4.69, 9.17) is 13.3 Å². The molecule has 11 aromatic rings. The standard InChI is InChI=1S/C49H28O3/c1-2-10-29-22-33(21-28(29)9-1)38-26-39(45-23-30-11-3-6-14-42(30)50-45)35-19-20-37-41(47-25-32-13-5-8-16-44(32)52-47)27-40(36-18-17-34(38)48(35)49(36)37)46-24-31-12-4-7-15-43(31)51-46/h1-21,23-27H,22H2. The van der Waals surface area contributed by atoms with E-state index >= 15 is 0 Å². The van der Waals surface area contributed by atoms with Crippen LogP contribution in [0.4, 0.5) is 0 Å². The van der Waals surface area contributed by atoms with Crippen LogP contribution in [-0.4, -0.2) is 0 Å². The van der Waals surface area contributed by atoms with Gasteiger partial charge in [0.25, 0.3) is 0 Å². The summed E-state index contributed by atoms with van der Waals surface area (Å²) in [6.45, 7) is 0. The number of benzene rings is 8. The smallest absolute Gasteiger partial charge is 0.136 e. The zero-order chi connectivity index (χ0) is 33.9. The molecule has 0 fully saturated rings. The number of rotatable bonds is 4. The Hall–Kier alpha value is -6.84. The Kier molecular flexibility index (Phi) is 5.56. The van der Waals surface area contributed by atoms with E-state index in [-0.39, 0.29) is 0 Å². The topological polar surface area (TPSA) is 39.4 Å². The third-order valence-electron chi connectivity index (χ3n) is 11.1. The highest BCUT2D eigenvalue weighted by Crippen LogP contribution is 2.50. The van der Waals surface area contributed by atoms with Crippen LogP contribution in [-0.2, 0) is 6.42 Å². The molecule has 0 unspecified atom stereocenters. The van der Waals surface area contributed by atoms with Gasteiger partial charge in [0, 0.05) is 32.8 Å². The van der Waals surface area contributed by atoms with Crippen molar-refractivity contribution in [3.63, 3.8) is 0 Å². The van der Waals surface area contributed by atoms with E-state index in [0.29, 0.717) is 0 Å². The van der Waals surface area contributed by atoms with Crippen molar-refractivity contribution >= 4 is 76.9 Å². The van der Waals surface area contributed by atoms with Gasteiger partial charge >= 0.3 is 0 Å². The van der Waals surface area contributed by atoms with Gasteiger partial charge in [-0.3, -0.25) is 0 Å². The second-order valence-corrected chi connectivity index (χ2v) is 14.0. The number of hydrogen-bond acceptors (Lipinski definition) is 3. The molecule has 1 aliphatic carbocycles. The molecule has 3 aromatic heterocycles. The number of allylic oxidation sites excluding steroid dienone is 1. The molecular formula is C49H28O3. The van der Waals surface area contributed by atoms with Gasteiger partial charge in [0.15, 0.2) is 0 Å². The zero-order valence-electron chi connectivity index (χ0n) is 27.9. The lowest BCUT2D eigenvalue weighted by atomic mass is 9.83. The first-order chi connectivity index (χ1) is 25.7. The molecule has 8 aromatic carbocycles. The Morgan fingerprint density at radius 1 is 0.365 bits per heavy atom. The molecule has 0 saturated carbocycles. The average molecular weight is 665 g/mol. The zero-order valence-corrected chi connectivity index (χ0v) is 27.9. The van der Waals surface area contributed by atoms with Crippen molar-refractivity contribution in [1.82, 2.24) is 0 Å². The molecule has 1 aliphatic rings. The van der Waals surface area contributed by atoms with E-state index in [0.717, 1.165) is 89.5 Å². The average Bonchev–Trinajstić information content (AvgIpc) is 4.00. The summed E-state index contributed by atoms with van der Waals surface area (Å²) in [6, 6.07) is 53.7. The van der Waals surface area contributed by atoms with Crippen molar-refractivity contribution in [3.8, 4) is 34.0 Å². The van der Waals surface area contributed by atoms with E-state index in [2.05, 4.69) is 121 Å².